The van der Waals surface area contributed by atoms with Crippen LogP contribution in [0, 0.1) is 6.92 Å². The minimum Gasteiger partial charge on any atom is -0.421 e. The number of nitrogens with zero attached hydrogens (tertiary/aromatic N) is 2. The molecule has 1 amide bonds. The Morgan fingerprint density at radius 1 is 1.20 bits per heavy atom. The molecule has 0 aliphatic heterocycles. The summed E-state index contributed by atoms with van der Waals surface area (Å²) in [4.78, 5) is 12.6. The van der Waals surface area contributed by atoms with E-state index < -0.39 is 0 Å². The predicted octanol–water partition coefficient (Wildman–Crippen LogP) is 3.36. The molecule has 2 aromatic heterocycles. The lowest BCUT2D eigenvalue weighted by molar-refractivity contribution is 0.103. The molecule has 0 saturated heterocycles. The topological polar surface area (TPSA) is 68.0 Å². The third-order valence-electron chi connectivity index (χ3n) is 2.66. The van der Waals surface area contributed by atoms with E-state index in [0.717, 1.165) is 11.3 Å². The van der Waals surface area contributed by atoms with Crippen molar-refractivity contribution < 1.29 is 9.21 Å². The molecule has 1 N–H and O–H groups in total. The summed E-state index contributed by atoms with van der Waals surface area (Å²) in [6, 6.07) is 10.9. The van der Waals surface area contributed by atoms with Crippen LogP contribution in [-0.4, -0.2) is 16.1 Å². The molecule has 0 spiro atoms. The molecule has 3 rings (SSSR count). The van der Waals surface area contributed by atoms with Crippen molar-refractivity contribution in [1.82, 2.24) is 10.2 Å². The van der Waals surface area contributed by atoms with E-state index in [1.54, 1.807) is 25.1 Å². The fourth-order valence-corrected chi connectivity index (χ4v) is 2.33. The van der Waals surface area contributed by atoms with Crippen molar-refractivity contribution >= 4 is 22.9 Å². The number of thiophene rings is 1. The molecule has 0 atom stereocenters. The Labute approximate surface area is 119 Å². The van der Waals surface area contributed by atoms with Gasteiger partial charge in [0.1, 0.15) is 0 Å². The summed E-state index contributed by atoms with van der Waals surface area (Å²) < 4.78 is 5.34. The third kappa shape index (κ3) is 2.60. The average Bonchev–Trinajstić information content (AvgIpc) is 3.10. The first-order valence-corrected chi connectivity index (χ1v) is 6.86. The van der Waals surface area contributed by atoms with E-state index in [4.69, 9.17) is 4.42 Å². The van der Waals surface area contributed by atoms with Crippen LogP contribution < -0.4 is 5.32 Å². The van der Waals surface area contributed by atoms with Crippen molar-refractivity contribution in [3.63, 3.8) is 0 Å². The lowest BCUT2D eigenvalue weighted by Gasteiger charge is -2.03. The first-order valence-electron chi connectivity index (χ1n) is 5.98. The summed E-state index contributed by atoms with van der Waals surface area (Å²) in [7, 11) is 0. The van der Waals surface area contributed by atoms with Gasteiger partial charge in [-0.05, 0) is 35.7 Å². The van der Waals surface area contributed by atoms with Gasteiger partial charge in [0.05, 0.1) is 4.88 Å². The molecular formula is C14H11N3O2S. The molecule has 0 unspecified atom stereocenters. The van der Waals surface area contributed by atoms with Crippen LogP contribution >= 0.6 is 11.3 Å². The van der Waals surface area contributed by atoms with Gasteiger partial charge in [0.15, 0.2) is 0 Å². The van der Waals surface area contributed by atoms with Crippen molar-refractivity contribution in [1.29, 1.82) is 0 Å². The van der Waals surface area contributed by atoms with Crippen LogP contribution in [0.3, 0.4) is 0 Å². The Balaban J connectivity index is 1.75. The van der Waals surface area contributed by atoms with Crippen molar-refractivity contribution in [3.05, 3.63) is 52.5 Å². The Kier molecular flexibility index (Phi) is 3.30. The van der Waals surface area contributed by atoms with E-state index in [2.05, 4.69) is 15.5 Å². The molecule has 6 heteroatoms. The number of amides is 1. The van der Waals surface area contributed by atoms with Gasteiger partial charge in [-0.3, -0.25) is 4.79 Å². The number of aryl methyl sites for hydroxylation is 1. The Hall–Kier alpha value is -2.47. The normalized spacial score (nSPS) is 10.4. The number of carbonyl (C=O) groups excluding carboxylic acids is 1. The van der Waals surface area contributed by atoms with Gasteiger partial charge < -0.3 is 9.73 Å². The van der Waals surface area contributed by atoms with Crippen molar-refractivity contribution in [2.24, 2.45) is 0 Å². The summed E-state index contributed by atoms with van der Waals surface area (Å²) in [5, 5.41) is 12.4. The molecule has 0 bridgehead atoms. The van der Waals surface area contributed by atoms with Gasteiger partial charge >= 0.3 is 0 Å². The lowest BCUT2D eigenvalue weighted by Crippen LogP contribution is -2.09. The summed E-state index contributed by atoms with van der Waals surface area (Å²) in [5.41, 5.74) is 1.54. The first kappa shape index (κ1) is 12.6. The number of carbonyl (C=O) groups is 1. The second kappa shape index (κ2) is 5.26. The van der Waals surface area contributed by atoms with Crippen LogP contribution in [0.5, 0.6) is 0 Å². The maximum Gasteiger partial charge on any atom is 0.265 e. The van der Waals surface area contributed by atoms with E-state index in [-0.39, 0.29) is 5.91 Å². The van der Waals surface area contributed by atoms with E-state index in [9.17, 15) is 4.79 Å². The molecule has 0 fully saturated rings. The Bertz CT molecular complexity index is 717. The van der Waals surface area contributed by atoms with Gasteiger partial charge in [-0.2, -0.15) is 0 Å². The molecule has 2 heterocycles. The fraction of sp³-hybridized carbons (Fsp3) is 0.0714. The van der Waals surface area contributed by atoms with Crippen LogP contribution in [0.2, 0.25) is 0 Å². The highest BCUT2D eigenvalue weighted by molar-refractivity contribution is 7.12. The van der Waals surface area contributed by atoms with Crippen molar-refractivity contribution in [3.8, 4) is 11.5 Å². The van der Waals surface area contributed by atoms with E-state index in [0.29, 0.717) is 16.7 Å². The molecule has 0 aliphatic rings. The number of rotatable bonds is 3. The molecular weight excluding hydrogens is 274 g/mol. The number of nitrogens with one attached hydrogen (secondary N) is 1. The van der Waals surface area contributed by atoms with E-state index in [1.165, 1.54) is 11.3 Å². The zero-order valence-electron chi connectivity index (χ0n) is 10.7. The number of benzene rings is 1. The van der Waals surface area contributed by atoms with Crippen LogP contribution in [0.15, 0.2) is 46.2 Å². The zero-order valence-corrected chi connectivity index (χ0v) is 11.5. The zero-order chi connectivity index (χ0) is 13.9. The fourth-order valence-electron chi connectivity index (χ4n) is 1.71. The molecule has 0 saturated carbocycles. The predicted molar refractivity (Wildman–Crippen MR) is 76.7 cm³/mol. The molecule has 100 valence electrons. The number of aromatic nitrogens is 2. The standard InChI is InChI=1S/C14H11N3O2S/c1-9-16-17-14(19-9)10-4-6-11(7-5-10)15-13(18)12-3-2-8-20-12/h2-8H,1H3,(H,15,18). The SMILES string of the molecule is Cc1nnc(-c2ccc(NC(=O)c3cccs3)cc2)o1. The summed E-state index contributed by atoms with van der Waals surface area (Å²) in [6.07, 6.45) is 0. The monoisotopic (exact) mass is 285 g/mol. The van der Waals surface area contributed by atoms with Gasteiger partial charge in [0.2, 0.25) is 11.8 Å². The molecule has 20 heavy (non-hydrogen) atoms. The van der Waals surface area contributed by atoms with E-state index >= 15 is 0 Å². The van der Waals surface area contributed by atoms with Gasteiger partial charge in [-0.25, -0.2) is 0 Å². The van der Waals surface area contributed by atoms with Crippen molar-refractivity contribution in [2.45, 2.75) is 6.92 Å². The van der Waals surface area contributed by atoms with Gasteiger partial charge in [0.25, 0.3) is 5.91 Å². The first-order chi connectivity index (χ1) is 9.72. The number of hydrogen-bond acceptors (Lipinski definition) is 5. The molecule has 1 aromatic carbocycles. The second-order valence-corrected chi connectivity index (χ2v) is 5.08. The summed E-state index contributed by atoms with van der Waals surface area (Å²) in [6.45, 7) is 1.74. The Morgan fingerprint density at radius 2 is 2.00 bits per heavy atom. The minimum absolute atomic E-state index is 0.110. The summed E-state index contributed by atoms with van der Waals surface area (Å²) in [5.74, 6) is 0.884. The third-order valence-corrected chi connectivity index (χ3v) is 3.53. The quantitative estimate of drug-likeness (QED) is 0.801. The highest BCUT2D eigenvalue weighted by atomic mass is 32.1. The second-order valence-electron chi connectivity index (χ2n) is 4.14. The smallest absolute Gasteiger partial charge is 0.265 e. The number of anilines is 1. The van der Waals surface area contributed by atoms with Crippen LogP contribution in [0.25, 0.3) is 11.5 Å². The molecule has 5 nitrogen and oxygen atoms in total. The Morgan fingerprint density at radius 3 is 2.60 bits per heavy atom. The highest BCUT2D eigenvalue weighted by Gasteiger charge is 2.08. The van der Waals surface area contributed by atoms with E-state index in [1.807, 2.05) is 23.6 Å². The van der Waals surface area contributed by atoms with Crippen LogP contribution in [-0.2, 0) is 0 Å². The minimum atomic E-state index is -0.110. The summed E-state index contributed by atoms with van der Waals surface area (Å²) >= 11 is 1.41. The van der Waals surface area contributed by atoms with Crippen LogP contribution in [0.4, 0.5) is 5.69 Å². The van der Waals surface area contributed by atoms with Gasteiger partial charge in [-0.1, -0.05) is 6.07 Å². The molecule has 0 radical (unpaired) electrons. The van der Waals surface area contributed by atoms with Crippen LogP contribution in [0.1, 0.15) is 15.6 Å². The number of hydrogen-bond donors (Lipinski definition) is 1. The largest absolute Gasteiger partial charge is 0.421 e. The van der Waals surface area contributed by atoms with Crippen molar-refractivity contribution in [2.75, 3.05) is 5.32 Å². The maximum atomic E-state index is 11.9. The van der Waals surface area contributed by atoms with Gasteiger partial charge in [0, 0.05) is 18.2 Å². The lowest BCUT2D eigenvalue weighted by atomic mass is 10.2. The molecule has 3 aromatic rings. The maximum absolute atomic E-state index is 11.9. The van der Waals surface area contributed by atoms with Gasteiger partial charge in [-0.15, -0.1) is 21.5 Å². The molecule has 0 aliphatic carbocycles. The average molecular weight is 285 g/mol. The highest BCUT2D eigenvalue weighted by Crippen LogP contribution is 2.20.